The molecule has 3 heterocycles. The molecule has 2 aromatic heterocycles. The Morgan fingerprint density at radius 1 is 1.08 bits per heavy atom. The lowest BCUT2D eigenvalue weighted by molar-refractivity contribution is 0.341. The summed E-state index contributed by atoms with van der Waals surface area (Å²) in [6.07, 6.45) is 6.06. The number of aromatic nitrogens is 3. The quantitative estimate of drug-likeness (QED) is 0.753. The van der Waals surface area contributed by atoms with Crippen LogP contribution in [0.2, 0.25) is 0 Å². The molecule has 26 heavy (non-hydrogen) atoms. The lowest BCUT2D eigenvalue weighted by Gasteiger charge is -2.09. The molecule has 1 N–H and O–H groups in total. The van der Waals surface area contributed by atoms with E-state index in [9.17, 15) is 0 Å². The number of rotatable bonds is 5. The normalized spacial score (nSPS) is 17.6. The molecule has 1 fully saturated rings. The molecule has 0 spiro atoms. The summed E-state index contributed by atoms with van der Waals surface area (Å²) >= 11 is 0. The first-order valence-corrected chi connectivity index (χ1v) is 9.10. The second kappa shape index (κ2) is 8.10. The van der Waals surface area contributed by atoms with Crippen LogP contribution in [0.25, 0.3) is 11.4 Å². The van der Waals surface area contributed by atoms with Gasteiger partial charge in [0.05, 0.1) is 5.56 Å². The number of pyridine rings is 1. The SMILES string of the molecule is c1ccc(Oc2ncccc2-c2noc(CC3CCCNCC3)n2)cc1. The minimum Gasteiger partial charge on any atom is -0.438 e. The Balaban J connectivity index is 1.52. The van der Waals surface area contributed by atoms with E-state index in [1.807, 2.05) is 42.5 Å². The van der Waals surface area contributed by atoms with Gasteiger partial charge in [0.15, 0.2) is 0 Å². The standard InChI is InChI=1S/C20H22N4O2/c1-2-7-16(8-3-1)25-20-17(9-5-12-22-20)19-23-18(26-24-19)14-15-6-4-11-21-13-10-15/h1-3,5,7-9,12,15,21H,4,6,10-11,13-14H2. The summed E-state index contributed by atoms with van der Waals surface area (Å²) in [6, 6.07) is 13.3. The van der Waals surface area contributed by atoms with Crippen LogP contribution in [0.4, 0.5) is 0 Å². The van der Waals surface area contributed by atoms with Crippen molar-refractivity contribution in [2.75, 3.05) is 13.1 Å². The van der Waals surface area contributed by atoms with E-state index in [1.165, 1.54) is 12.8 Å². The monoisotopic (exact) mass is 350 g/mol. The van der Waals surface area contributed by atoms with Gasteiger partial charge in [-0.05, 0) is 62.5 Å². The van der Waals surface area contributed by atoms with Crippen LogP contribution in [0.15, 0.2) is 53.2 Å². The van der Waals surface area contributed by atoms with Gasteiger partial charge in [0, 0.05) is 12.6 Å². The number of benzene rings is 1. The fourth-order valence-electron chi connectivity index (χ4n) is 3.23. The summed E-state index contributed by atoms with van der Waals surface area (Å²) in [5.41, 5.74) is 0.730. The summed E-state index contributed by atoms with van der Waals surface area (Å²) in [7, 11) is 0. The van der Waals surface area contributed by atoms with Crippen LogP contribution < -0.4 is 10.1 Å². The van der Waals surface area contributed by atoms with Gasteiger partial charge >= 0.3 is 0 Å². The topological polar surface area (TPSA) is 73.1 Å². The van der Waals surface area contributed by atoms with Crippen LogP contribution >= 0.6 is 0 Å². The van der Waals surface area contributed by atoms with Gasteiger partial charge in [0.25, 0.3) is 0 Å². The molecule has 4 rings (SSSR count). The first-order chi connectivity index (χ1) is 12.9. The molecule has 1 aliphatic heterocycles. The summed E-state index contributed by atoms with van der Waals surface area (Å²) in [6.45, 7) is 2.16. The highest BCUT2D eigenvalue weighted by Crippen LogP contribution is 2.30. The van der Waals surface area contributed by atoms with Crippen LogP contribution in [0, 0.1) is 5.92 Å². The van der Waals surface area contributed by atoms with Crippen LogP contribution in [0.5, 0.6) is 11.6 Å². The van der Waals surface area contributed by atoms with Crippen molar-refractivity contribution in [2.24, 2.45) is 5.92 Å². The predicted molar refractivity (Wildman–Crippen MR) is 98.0 cm³/mol. The molecule has 0 saturated carbocycles. The molecule has 1 saturated heterocycles. The predicted octanol–water partition coefficient (Wildman–Crippen LogP) is 3.86. The van der Waals surface area contributed by atoms with Gasteiger partial charge in [-0.2, -0.15) is 4.98 Å². The van der Waals surface area contributed by atoms with Crippen molar-refractivity contribution < 1.29 is 9.26 Å². The van der Waals surface area contributed by atoms with E-state index in [4.69, 9.17) is 9.26 Å². The van der Waals surface area contributed by atoms with Crippen molar-refractivity contribution in [3.05, 3.63) is 54.6 Å². The Morgan fingerprint density at radius 2 is 2.00 bits per heavy atom. The molecule has 6 nitrogen and oxygen atoms in total. The van der Waals surface area contributed by atoms with E-state index in [-0.39, 0.29) is 0 Å². The van der Waals surface area contributed by atoms with Crippen molar-refractivity contribution in [3.8, 4) is 23.0 Å². The molecule has 1 aliphatic rings. The van der Waals surface area contributed by atoms with Crippen LogP contribution in [0.3, 0.4) is 0 Å². The molecule has 6 heteroatoms. The minimum atomic E-state index is 0.477. The zero-order chi connectivity index (χ0) is 17.6. The van der Waals surface area contributed by atoms with Crippen molar-refractivity contribution in [3.63, 3.8) is 0 Å². The van der Waals surface area contributed by atoms with Gasteiger partial charge in [-0.1, -0.05) is 23.4 Å². The van der Waals surface area contributed by atoms with Crippen LogP contribution in [-0.2, 0) is 6.42 Å². The molecule has 0 radical (unpaired) electrons. The third-order valence-corrected chi connectivity index (χ3v) is 4.60. The van der Waals surface area contributed by atoms with Crippen molar-refractivity contribution in [1.29, 1.82) is 0 Å². The van der Waals surface area contributed by atoms with E-state index in [2.05, 4.69) is 20.4 Å². The van der Waals surface area contributed by atoms with Gasteiger partial charge < -0.3 is 14.6 Å². The maximum absolute atomic E-state index is 5.90. The fourth-order valence-corrected chi connectivity index (χ4v) is 3.23. The maximum atomic E-state index is 5.90. The average molecular weight is 350 g/mol. The number of hydrogen-bond donors (Lipinski definition) is 1. The van der Waals surface area contributed by atoms with E-state index in [1.54, 1.807) is 6.20 Å². The van der Waals surface area contributed by atoms with Gasteiger partial charge in [-0.3, -0.25) is 0 Å². The first-order valence-electron chi connectivity index (χ1n) is 9.10. The van der Waals surface area contributed by atoms with Crippen LogP contribution in [0.1, 0.15) is 25.2 Å². The Labute approximate surface area is 152 Å². The molecular formula is C20H22N4O2. The molecule has 1 atom stereocenters. The molecule has 0 bridgehead atoms. The van der Waals surface area contributed by atoms with Crippen molar-refractivity contribution >= 4 is 0 Å². The number of nitrogens with one attached hydrogen (secondary N) is 1. The Hall–Kier alpha value is -2.73. The van der Waals surface area contributed by atoms with Gasteiger partial charge in [-0.25, -0.2) is 4.98 Å². The largest absolute Gasteiger partial charge is 0.438 e. The highest BCUT2D eigenvalue weighted by molar-refractivity contribution is 5.61. The van der Waals surface area contributed by atoms with Crippen LogP contribution in [-0.4, -0.2) is 28.2 Å². The lowest BCUT2D eigenvalue weighted by Crippen LogP contribution is -2.14. The van der Waals surface area contributed by atoms with Gasteiger partial charge in [0.2, 0.25) is 17.6 Å². The van der Waals surface area contributed by atoms with E-state index in [0.717, 1.165) is 37.2 Å². The maximum Gasteiger partial charge on any atom is 0.230 e. The fraction of sp³-hybridized carbons (Fsp3) is 0.350. The smallest absolute Gasteiger partial charge is 0.230 e. The average Bonchev–Trinajstić information content (AvgIpc) is 2.98. The van der Waals surface area contributed by atoms with E-state index in [0.29, 0.717) is 23.5 Å². The molecule has 0 amide bonds. The first kappa shape index (κ1) is 16.7. The summed E-state index contributed by atoms with van der Waals surface area (Å²) in [5, 5.41) is 7.59. The van der Waals surface area contributed by atoms with E-state index >= 15 is 0 Å². The second-order valence-electron chi connectivity index (χ2n) is 6.53. The molecular weight excluding hydrogens is 328 g/mol. The highest BCUT2D eigenvalue weighted by Gasteiger charge is 2.19. The summed E-state index contributed by atoms with van der Waals surface area (Å²) < 4.78 is 11.4. The molecule has 134 valence electrons. The van der Waals surface area contributed by atoms with Crippen molar-refractivity contribution in [2.45, 2.75) is 25.7 Å². The lowest BCUT2D eigenvalue weighted by atomic mass is 9.97. The number of para-hydroxylation sites is 1. The van der Waals surface area contributed by atoms with Crippen molar-refractivity contribution in [1.82, 2.24) is 20.4 Å². The third kappa shape index (κ3) is 4.08. The molecule has 1 aromatic carbocycles. The highest BCUT2D eigenvalue weighted by atomic mass is 16.5. The molecule has 1 unspecified atom stereocenters. The molecule has 3 aromatic rings. The zero-order valence-electron chi connectivity index (χ0n) is 14.6. The second-order valence-corrected chi connectivity index (χ2v) is 6.53. The number of nitrogens with zero attached hydrogens (tertiary/aromatic N) is 3. The number of hydrogen-bond acceptors (Lipinski definition) is 6. The third-order valence-electron chi connectivity index (χ3n) is 4.60. The Bertz CT molecular complexity index is 827. The minimum absolute atomic E-state index is 0.477. The van der Waals surface area contributed by atoms with Gasteiger partial charge in [-0.15, -0.1) is 0 Å². The van der Waals surface area contributed by atoms with E-state index < -0.39 is 0 Å². The van der Waals surface area contributed by atoms with Gasteiger partial charge in [0.1, 0.15) is 5.75 Å². The zero-order valence-corrected chi connectivity index (χ0v) is 14.6. The summed E-state index contributed by atoms with van der Waals surface area (Å²) in [5.74, 6) is 2.99. The summed E-state index contributed by atoms with van der Waals surface area (Å²) in [4.78, 5) is 8.92. The Kier molecular flexibility index (Phi) is 5.21. The molecule has 0 aliphatic carbocycles. The number of ether oxygens (including phenoxy) is 1. The Morgan fingerprint density at radius 3 is 2.92 bits per heavy atom.